The molecular formula is C35H39ClN2O6. The molecule has 1 aliphatic rings. The monoisotopic (exact) mass is 618 g/mol. The van der Waals surface area contributed by atoms with Crippen molar-refractivity contribution in [1.82, 2.24) is 5.32 Å². The molecule has 2 unspecified atom stereocenters. The minimum absolute atomic E-state index is 0.0431. The van der Waals surface area contributed by atoms with Crippen LogP contribution in [0.3, 0.4) is 0 Å². The van der Waals surface area contributed by atoms with Gasteiger partial charge >= 0.3 is 5.97 Å². The molecule has 1 fully saturated rings. The van der Waals surface area contributed by atoms with Crippen LogP contribution in [0.25, 0.3) is 11.1 Å². The predicted molar refractivity (Wildman–Crippen MR) is 176 cm³/mol. The largest absolute Gasteiger partial charge is 0.480 e. The maximum atomic E-state index is 11.2. The van der Waals surface area contributed by atoms with Crippen molar-refractivity contribution in [3.63, 3.8) is 0 Å². The van der Waals surface area contributed by atoms with Crippen LogP contribution in [0.2, 0.25) is 5.02 Å². The van der Waals surface area contributed by atoms with Gasteiger partial charge in [0.1, 0.15) is 19.1 Å². The molecule has 0 heterocycles. The number of likely N-dealkylation sites (N-methyl/N-ethyl adjacent to an activating group) is 1. The highest BCUT2D eigenvalue weighted by molar-refractivity contribution is 6.30. The van der Waals surface area contributed by atoms with Gasteiger partial charge in [-0.15, -0.1) is 0 Å². The summed E-state index contributed by atoms with van der Waals surface area (Å²) in [7, 11) is 3.36. The van der Waals surface area contributed by atoms with Crippen LogP contribution in [0.5, 0.6) is 0 Å². The SMILES string of the molecule is C=O.C=O.CNC1(C(=O)O)CC1c1cccc(NC=O)c1.COCc1ccccc1.Cc1ccc(-c2ccc(Cl)cc2)cc1. The number of benzene rings is 4. The number of aryl methyl sites for hydroxylation is 1. The van der Waals surface area contributed by atoms with Gasteiger partial charge in [0.2, 0.25) is 6.41 Å². The van der Waals surface area contributed by atoms with E-state index in [0.717, 1.165) is 10.6 Å². The van der Waals surface area contributed by atoms with E-state index in [-0.39, 0.29) is 5.92 Å². The molecule has 0 saturated heterocycles. The Kier molecular flexibility index (Phi) is 17.3. The number of carbonyl (C=O) groups excluding carboxylic acids is 3. The van der Waals surface area contributed by atoms with Crippen LogP contribution < -0.4 is 10.6 Å². The van der Waals surface area contributed by atoms with Crippen molar-refractivity contribution in [3.8, 4) is 11.1 Å². The molecule has 2 atom stereocenters. The van der Waals surface area contributed by atoms with Crippen molar-refractivity contribution in [2.45, 2.75) is 31.4 Å². The first-order valence-corrected chi connectivity index (χ1v) is 13.9. The molecule has 1 amide bonds. The highest BCUT2D eigenvalue weighted by atomic mass is 35.5. The Morgan fingerprint density at radius 1 is 0.932 bits per heavy atom. The lowest BCUT2D eigenvalue weighted by atomic mass is 10.0. The van der Waals surface area contributed by atoms with Crippen LogP contribution in [-0.4, -0.2) is 50.8 Å². The number of methoxy groups -OCH3 is 1. The van der Waals surface area contributed by atoms with Gasteiger partial charge in [-0.3, -0.25) is 9.59 Å². The molecule has 0 aliphatic heterocycles. The number of carboxylic acids is 1. The van der Waals surface area contributed by atoms with Crippen molar-refractivity contribution < 1.29 is 29.0 Å². The first kappa shape index (κ1) is 37.4. The smallest absolute Gasteiger partial charge is 0.324 e. The molecule has 1 saturated carbocycles. The number of nitrogens with one attached hydrogen (secondary N) is 2. The van der Waals surface area contributed by atoms with Gasteiger partial charge in [0.25, 0.3) is 0 Å². The van der Waals surface area contributed by atoms with Crippen molar-refractivity contribution in [3.05, 3.63) is 125 Å². The van der Waals surface area contributed by atoms with Gasteiger partial charge in [-0.1, -0.05) is 96.0 Å². The van der Waals surface area contributed by atoms with E-state index in [2.05, 4.69) is 41.8 Å². The summed E-state index contributed by atoms with van der Waals surface area (Å²) in [5.41, 5.74) is 5.69. The second-order valence-electron chi connectivity index (χ2n) is 9.46. The Hall–Kier alpha value is -4.63. The number of amides is 1. The van der Waals surface area contributed by atoms with Crippen LogP contribution >= 0.6 is 11.6 Å². The van der Waals surface area contributed by atoms with Gasteiger partial charge in [0, 0.05) is 23.7 Å². The number of hydrogen-bond acceptors (Lipinski definition) is 6. The van der Waals surface area contributed by atoms with E-state index in [1.54, 1.807) is 26.3 Å². The van der Waals surface area contributed by atoms with Gasteiger partial charge in [-0.2, -0.15) is 0 Å². The van der Waals surface area contributed by atoms with Crippen molar-refractivity contribution in [2.75, 3.05) is 19.5 Å². The second-order valence-corrected chi connectivity index (χ2v) is 9.90. The van der Waals surface area contributed by atoms with E-state index in [1.165, 1.54) is 22.3 Å². The summed E-state index contributed by atoms with van der Waals surface area (Å²) in [6, 6.07) is 33.7. The molecule has 0 bridgehead atoms. The normalized spacial score (nSPS) is 15.5. The van der Waals surface area contributed by atoms with E-state index in [4.69, 9.17) is 25.9 Å². The summed E-state index contributed by atoms with van der Waals surface area (Å²) in [6.45, 7) is 6.80. The van der Waals surface area contributed by atoms with Crippen molar-refractivity contribution >= 4 is 43.2 Å². The molecule has 1 aliphatic carbocycles. The zero-order valence-electron chi connectivity index (χ0n) is 25.2. The van der Waals surface area contributed by atoms with Gasteiger partial charge in [0.15, 0.2) is 0 Å². The lowest BCUT2D eigenvalue weighted by molar-refractivity contribution is -0.140. The fourth-order valence-electron chi connectivity index (χ4n) is 4.33. The summed E-state index contributed by atoms with van der Waals surface area (Å²) >= 11 is 5.82. The third-order valence-corrected chi connectivity index (χ3v) is 6.94. The lowest BCUT2D eigenvalue weighted by Crippen LogP contribution is -2.38. The van der Waals surface area contributed by atoms with E-state index in [1.807, 2.05) is 80.3 Å². The Labute approximate surface area is 264 Å². The van der Waals surface area contributed by atoms with Crippen LogP contribution in [-0.2, 0) is 30.5 Å². The Bertz CT molecular complexity index is 1360. The lowest BCUT2D eigenvalue weighted by Gasteiger charge is -2.11. The Morgan fingerprint density at radius 3 is 1.98 bits per heavy atom. The third kappa shape index (κ3) is 11.6. The van der Waals surface area contributed by atoms with Crippen LogP contribution in [0.15, 0.2) is 103 Å². The fourth-order valence-corrected chi connectivity index (χ4v) is 4.45. The molecule has 0 radical (unpaired) electrons. The molecule has 44 heavy (non-hydrogen) atoms. The first-order valence-electron chi connectivity index (χ1n) is 13.5. The van der Waals surface area contributed by atoms with E-state index >= 15 is 0 Å². The number of ether oxygens (including phenoxy) is 1. The maximum absolute atomic E-state index is 11.2. The van der Waals surface area contributed by atoms with Crippen LogP contribution in [0.1, 0.15) is 29.0 Å². The molecule has 4 aromatic carbocycles. The molecule has 4 aromatic rings. The zero-order chi connectivity index (χ0) is 33.0. The Balaban J connectivity index is 0.000000324. The average Bonchev–Trinajstić information content (AvgIpc) is 3.82. The number of hydrogen-bond donors (Lipinski definition) is 3. The quantitative estimate of drug-likeness (QED) is 0.191. The molecule has 5 rings (SSSR count). The van der Waals surface area contributed by atoms with E-state index < -0.39 is 11.5 Å². The van der Waals surface area contributed by atoms with Gasteiger partial charge < -0.3 is 30.1 Å². The van der Waals surface area contributed by atoms with Crippen LogP contribution in [0, 0.1) is 6.92 Å². The molecule has 3 N–H and O–H groups in total. The molecule has 8 nitrogen and oxygen atoms in total. The Morgan fingerprint density at radius 2 is 1.50 bits per heavy atom. The minimum Gasteiger partial charge on any atom is -0.480 e. The van der Waals surface area contributed by atoms with Crippen molar-refractivity contribution in [1.29, 1.82) is 0 Å². The molecule has 9 heteroatoms. The van der Waals surface area contributed by atoms with Crippen molar-refractivity contribution in [2.24, 2.45) is 0 Å². The topological polar surface area (TPSA) is 122 Å². The van der Waals surface area contributed by atoms with Gasteiger partial charge in [-0.25, -0.2) is 0 Å². The maximum Gasteiger partial charge on any atom is 0.324 e. The number of aliphatic carboxylic acids is 1. The minimum atomic E-state index is -0.847. The fraction of sp³-hybridized carbons (Fsp3) is 0.200. The highest BCUT2D eigenvalue weighted by Crippen LogP contribution is 2.51. The standard InChI is InChI=1S/C13H11Cl.C12H14N2O3.C8H10O.2CH2O/c1-10-2-4-11(5-3-10)12-6-8-13(14)9-7-12;1-13-12(11(16)17)6-10(12)8-3-2-4-9(5-8)14-7-15;1-9-7-8-5-3-2-4-6-8;2*1-2/h2-9H,1H3;2-5,7,10,13H,6H2,1H3,(H,14,15)(H,16,17);2-6H,7H2,1H3;2*1H2. The number of halogens is 1. The van der Waals surface area contributed by atoms with E-state index in [9.17, 15) is 14.7 Å². The second kappa shape index (κ2) is 20.3. The zero-order valence-corrected chi connectivity index (χ0v) is 25.9. The van der Waals surface area contributed by atoms with E-state index in [0.29, 0.717) is 25.1 Å². The molecule has 0 spiro atoms. The average molecular weight is 619 g/mol. The number of anilines is 1. The summed E-state index contributed by atoms with van der Waals surface area (Å²) in [6.07, 6.45) is 1.18. The van der Waals surface area contributed by atoms with Gasteiger partial charge in [-0.05, 0) is 66.9 Å². The van der Waals surface area contributed by atoms with Crippen LogP contribution in [0.4, 0.5) is 5.69 Å². The molecule has 232 valence electrons. The molecule has 0 aromatic heterocycles. The summed E-state index contributed by atoms with van der Waals surface area (Å²) in [5, 5.41) is 15.4. The summed E-state index contributed by atoms with van der Waals surface area (Å²) < 4.78 is 4.93. The molecular weight excluding hydrogens is 580 g/mol. The van der Waals surface area contributed by atoms with Gasteiger partial charge in [0.05, 0.1) is 6.61 Å². The number of rotatable bonds is 8. The highest BCUT2D eigenvalue weighted by Gasteiger charge is 2.60. The predicted octanol–water partition coefficient (Wildman–Crippen LogP) is 6.56. The number of carbonyl (C=O) groups is 4. The summed E-state index contributed by atoms with van der Waals surface area (Å²) in [4.78, 5) is 37.5. The number of carboxylic acid groups (broad SMARTS) is 1. The first-order chi connectivity index (χ1) is 21.3. The summed E-state index contributed by atoms with van der Waals surface area (Å²) in [5.74, 6) is -0.878. The third-order valence-electron chi connectivity index (χ3n) is 6.69.